The van der Waals surface area contributed by atoms with Gasteiger partial charge in [0.15, 0.2) is 0 Å². The molecule has 0 unspecified atom stereocenters. The van der Waals surface area contributed by atoms with E-state index in [1.54, 1.807) is 6.20 Å². The van der Waals surface area contributed by atoms with E-state index in [0.717, 1.165) is 16.3 Å². The zero-order valence-corrected chi connectivity index (χ0v) is 17.0. The molecule has 3 aromatic carbocycles. The van der Waals surface area contributed by atoms with Crippen LogP contribution >= 0.6 is 0 Å². The van der Waals surface area contributed by atoms with Gasteiger partial charge in [0, 0.05) is 30.2 Å². The van der Waals surface area contributed by atoms with Crippen molar-refractivity contribution >= 4 is 22.9 Å². The minimum atomic E-state index is -0.406. The van der Waals surface area contributed by atoms with Crippen molar-refractivity contribution < 1.29 is 9.53 Å². The van der Waals surface area contributed by atoms with Crippen molar-refractivity contribution in [3.05, 3.63) is 108 Å². The Bertz CT molecular complexity index is 1230. The summed E-state index contributed by atoms with van der Waals surface area (Å²) in [6.07, 6.45) is 7.14. The summed E-state index contributed by atoms with van der Waals surface area (Å²) >= 11 is 0. The minimum absolute atomic E-state index is 0.0702. The number of nitrogens with one attached hydrogen (secondary N) is 1. The number of hydrogen-bond donors (Lipinski definition) is 1. The van der Waals surface area contributed by atoms with Gasteiger partial charge < -0.3 is 10.1 Å². The van der Waals surface area contributed by atoms with E-state index in [0.29, 0.717) is 13.2 Å². The second-order valence-corrected chi connectivity index (χ2v) is 7.59. The number of carbonyl (C=O) groups excluding carboxylic acids is 1. The second-order valence-electron chi connectivity index (χ2n) is 7.59. The Labute approximate surface area is 181 Å². The average Bonchev–Trinajstić information content (AvgIpc) is 3.14. The van der Waals surface area contributed by atoms with Crippen molar-refractivity contribution in [2.75, 3.05) is 13.2 Å². The first-order valence-corrected chi connectivity index (χ1v) is 10.4. The fourth-order valence-corrected chi connectivity index (χ4v) is 4.19. The summed E-state index contributed by atoms with van der Waals surface area (Å²) in [6, 6.07) is 24.8. The van der Waals surface area contributed by atoms with Crippen molar-refractivity contribution in [3.8, 4) is 11.1 Å². The number of pyridine rings is 1. The van der Waals surface area contributed by atoms with Crippen molar-refractivity contribution in [3.63, 3.8) is 0 Å². The fourth-order valence-electron chi connectivity index (χ4n) is 4.19. The monoisotopic (exact) mass is 406 g/mol. The van der Waals surface area contributed by atoms with Gasteiger partial charge in [-0.3, -0.25) is 4.98 Å². The molecule has 1 aliphatic rings. The summed E-state index contributed by atoms with van der Waals surface area (Å²) < 4.78 is 5.56. The number of hydrogen-bond acceptors (Lipinski definition) is 3. The number of alkyl carbamates (subject to hydrolysis) is 1. The van der Waals surface area contributed by atoms with Gasteiger partial charge in [-0.15, -0.1) is 0 Å². The largest absolute Gasteiger partial charge is 0.449 e. The summed E-state index contributed by atoms with van der Waals surface area (Å²) in [4.78, 5) is 16.4. The van der Waals surface area contributed by atoms with Crippen LogP contribution in [0.5, 0.6) is 0 Å². The van der Waals surface area contributed by atoms with E-state index in [4.69, 9.17) is 4.74 Å². The van der Waals surface area contributed by atoms with E-state index in [1.807, 2.05) is 60.8 Å². The first kappa shape index (κ1) is 19.1. The normalized spacial score (nSPS) is 12.6. The van der Waals surface area contributed by atoms with Crippen LogP contribution in [0.15, 0.2) is 91.3 Å². The molecule has 5 rings (SSSR count). The molecule has 4 nitrogen and oxygen atoms in total. The van der Waals surface area contributed by atoms with Gasteiger partial charge in [0.25, 0.3) is 0 Å². The number of benzene rings is 3. The summed E-state index contributed by atoms with van der Waals surface area (Å²) in [6.45, 7) is 0.730. The molecule has 0 fully saturated rings. The molecule has 0 spiro atoms. The molecule has 1 aromatic heterocycles. The maximum absolute atomic E-state index is 12.2. The third-order valence-electron chi connectivity index (χ3n) is 5.68. The Hall–Kier alpha value is -3.92. The molecule has 1 amide bonds. The van der Waals surface area contributed by atoms with Crippen molar-refractivity contribution in [2.24, 2.45) is 0 Å². The van der Waals surface area contributed by atoms with Gasteiger partial charge in [0.05, 0.1) is 0 Å². The summed E-state index contributed by atoms with van der Waals surface area (Å²) in [7, 11) is 0. The Morgan fingerprint density at radius 3 is 2.45 bits per heavy atom. The highest BCUT2D eigenvalue weighted by Crippen LogP contribution is 2.44. The lowest BCUT2D eigenvalue weighted by atomic mass is 9.98. The molecule has 0 saturated heterocycles. The molecule has 152 valence electrons. The number of amides is 1. The van der Waals surface area contributed by atoms with Crippen LogP contribution in [0, 0.1) is 0 Å². The minimum Gasteiger partial charge on any atom is -0.449 e. The zero-order valence-electron chi connectivity index (χ0n) is 17.0. The molecular weight excluding hydrogens is 384 g/mol. The maximum Gasteiger partial charge on any atom is 0.407 e. The van der Waals surface area contributed by atoms with E-state index in [2.05, 4.69) is 40.6 Å². The van der Waals surface area contributed by atoms with Crippen LogP contribution in [-0.4, -0.2) is 24.2 Å². The predicted molar refractivity (Wildman–Crippen MR) is 124 cm³/mol. The Kier molecular flexibility index (Phi) is 5.19. The number of fused-ring (bicyclic) bond motifs is 4. The van der Waals surface area contributed by atoms with Crippen molar-refractivity contribution in [2.45, 2.75) is 5.92 Å². The molecule has 0 saturated carbocycles. The molecule has 0 radical (unpaired) electrons. The maximum atomic E-state index is 12.2. The highest BCUT2D eigenvalue weighted by molar-refractivity contribution is 5.84. The Morgan fingerprint density at radius 2 is 1.68 bits per heavy atom. The van der Waals surface area contributed by atoms with Crippen LogP contribution in [0.4, 0.5) is 4.79 Å². The van der Waals surface area contributed by atoms with Crippen LogP contribution in [0.2, 0.25) is 0 Å². The van der Waals surface area contributed by atoms with Crippen molar-refractivity contribution in [1.82, 2.24) is 10.3 Å². The molecule has 1 N–H and O–H groups in total. The molecule has 1 heterocycles. The van der Waals surface area contributed by atoms with Crippen molar-refractivity contribution in [1.29, 1.82) is 0 Å². The Morgan fingerprint density at radius 1 is 0.935 bits per heavy atom. The lowest BCUT2D eigenvalue weighted by molar-refractivity contribution is 0.144. The molecule has 4 aromatic rings. The number of ether oxygens (including phenoxy) is 1. The molecule has 1 aliphatic carbocycles. The fraction of sp³-hybridized carbons (Fsp3) is 0.111. The van der Waals surface area contributed by atoms with E-state index in [-0.39, 0.29) is 5.92 Å². The Balaban J connectivity index is 1.17. The molecule has 0 atom stereocenters. The van der Waals surface area contributed by atoms with Gasteiger partial charge in [-0.25, -0.2) is 4.79 Å². The first-order valence-electron chi connectivity index (χ1n) is 10.4. The number of aromatic nitrogens is 1. The highest BCUT2D eigenvalue weighted by Gasteiger charge is 2.28. The van der Waals surface area contributed by atoms with E-state index >= 15 is 0 Å². The van der Waals surface area contributed by atoms with Gasteiger partial charge in [-0.05, 0) is 45.3 Å². The van der Waals surface area contributed by atoms with Crippen LogP contribution in [-0.2, 0) is 4.74 Å². The topological polar surface area (TPSA) is 51.2 Å². The molecule has 0 aliphatic heterocycles. The van der Waals surface area contributed by atoms with E-state index in [1.165, 1.54) is 22.3 Å². The molecule has 0 bridgehead atoms. The number of nitrogens with zero attached hydrogens (tertiary/aromatic N) is 1. The van der Waals surface area contributed by atoms with Crippen LogP contribution < -0.4 is 5.32 Å². The average molecular weight is 406 g/mol. The molecule has 31 heavy (non-hydrogen) atoms. The quantitative estimate of drug-likeness (QED) is 0.457. The van der Waals surface area contributed by atoms with Gasteiger partial charge in [-0.2, -0.15) is 0 Å². The van der Waals surface area contributed by atoms with Crippen LogP contribution in [0.1, 0.15) is 22.6 Å². The smallest absolute Gasteiger partial charge is 0.407 e. The number of carbonyl (C=O) groups is 1. The standard InChI is InChI=1S/C27H22N2O2/c30-27(29-14-5-6-19-11-12-21-17-28-15-13-20(21)16-19)31-18-26-24-9-3-1-7-22(24)23-8-2-4-10-25(23)26/h1-13,15-17,26H,14,18H2,(H,29,30). The SMILES string of the molecule is O=C(NCC=Cc1ccc2cnccc2c1)OCC1c2ccccc2-c2ccccc21. The van der Waals surface area contributed by atoms with E-state index in [9.17, 15) is 4.79 Å². The third kappa shape index (κ3) is 3.92. The van der Waals surface area contributed by atoms with Gasteiger partial charge in [-0.1, -0.05) is 72.8 Å². The van der Waals surface area contributed by atoms with Crippen LogP contribution in [0.25, 0.3) is 28.0 Å². The second kappa shape index (κ2) is 8.44. The summed E-state index contributed by atoms with van der Waals surface area (Å²) in [5.74, 6) is 0.0702. The zero-order chi connectivity index (χ0) is 21.0. The highest BCUT2D eigenvalue weighted by atomic mass is 16.5. The predicted octanol–water partition coefficient (Wildman–Crippen LogP) is 5.79. The molecular formula is C27H22N2O2. The third-order valence-corrected chi connectivity index (χ3v) is 5.68. The van der Waals surface area contributed by atoms with Gasteiger partial charge >= 0.3 is 6.09 Å². The van der Waals surface area contributed by atoms with E-state index < -0.39 is 6.09 Å². The summed E-state index contributed by atoms with van der Waals surface area (Å²) in [5, 5.41) is 5.05. The molecule has 4 heteroatoms. The van der Waals surface area contributed by atoms with Crippen LogP contribution in [0.3, 0.4) is 0 Å². The van der Waals surface area contributed by atoms with Gasteiger partial charge in [0.2, 0.25) is 0 Å². The lowest BCUT2D eigenvalue weighted by Gasteiger charge is -2.14. The number of rotatable bonds is 5. The summed E-state index contributed by atoms with van der Waals surface area (Å²) in [5.41, 5.74) is 5.95. The first-order chi connectivity index (χ1) is 15.3. The lowest BCUT2D eigenvalue weighted by Crippen LogP contribution is -2.26. The van der Waals surface area contributed by atoms with Gasteiger partial charge in [0.1, 0.15) is 6.61 Å².